The number of halogens is 1. The lowest BCUT2D eigenvalue weighted by molar-refractivity contribution is 0.0795. The van der Waals surface area contributed by atoms with E-state index in [0.717, 1.165) is 21.3 Å². The fourth-order valence-electron chi connectivity index (χ4n) is 2.82. The van der Waals surface area contributed by atoms with Crippen molar-refractivity contribution in [3.63, 3.8) is 0 Å². The fourth-order valence-corrected chi connectivity index (χ4v) is 3.22. The Kier molecular flexibility index (Phi) is 6.46. The quantitative estimate of drug-likeness (QED) is 0.542. The zero-order chi connectivity index (χ0) is 20.1. The zero-order valence-electron chi connectivity index (χ0n) is 16.1. The van der Waals surface area contributed by atoms with Crippen molar-refractivity contribution in [1.82, 2.24) is 15.0 Å². The highest BCUT2D eigenvalue weighted by Crippen LogP contribution is 2.17. The Bertz CT molecular complexity index is 951. The van der Waals surface area contributed by atoms with E-state index in [2.05, 4.69) is 32.1 Å². The molecule has 7 heteroatoms. The van der Waals surface area contributed by atoms with Gasteiger partial charge in [-0.3, -0.25) is 4.79 Å². The Morgan fingerprint density at radius 3 is 2.64 bits per heavy atom. The van der Waals surface area contributed by atoms with E-state index in [1.165, 1.54) is 0 Å². The maximum absolute atomic E-state index is 12.5. The molecule has 0 aliphatic carbocycles. The number of rotatable bonds is 7. The van der Waals surface area contributed by atoms with Crippen LogP contribution in [0.4, 0.5) is 0 Å². The summed E-state index contributed by atoms with van der Waals surface area (Å²) in [5, 5.41) is 3.97. The van der Waals surface area contributed by atoms with E-state index in [-0.39, 0.29) is 12.5 Å². The monoisotopic (exact) mass is 443 g/mol. The van der Waals surface area contributed by atoms with E-state index in [0.29, 0.717) is 30.2 Å². The van der Waals surface area contributed by atoms with Crippen LogP contribution in [0.25, 0.3) is 0 Å². The van der Waals surface area contributed by atoms with Gasteiger partial charge in [-0.15, -0.1) is 0 Å². The first-order chi connectivity index (χ1) is 13.4. The molecular weight excluding hydrogens is 422 g/mol. The fraction of sp³-hybridized carbons (Fsp3) is 0.286. The minimum Gasteiger partial charge on any atom is -0.484 e. The van der Waals surface area contributed by atoms with Gasteiger partial charge in [0.25, 0.3) is 11.8 Å². The van der Waals surface area contributed by atoms with Crippen LogP contribution in [0.2, 0.25) is 0 Å². The molecule has 0 radical (unpaired) electrons. The van der Waals surface area contributed by atoms with Gasteiger partial charge in [-0.25, -0.2) is 0 Å². The van der Waals surface area contributed by atoms with Crippen LogP contribution in [0.1, 0.15) is 33.2 Å². The third-order valence-electron chi connectivity index (χ3n) is 4.16. The highest BCUT2D eigenvalue weighted by atomic mass is 79.9. The number of nitrogens with zero attached hydrogens (tertiary/aromatic N) is 3. The summed E-state index contributed by atoms with van der Waals surface area (Å²) in [5.41, 5.74) is 2.91. The molecule has 28 heavy (non-hydrogen) atoms. The lowest BCUT2D eigenvalue weighted by Crippen LogP contribution is -2.29. The van der Waals surface area contributed by atoms with Crippen LogP contribution in [-0.4, -0.2) is 34.5 Å². The number of hydrogen-bond donors (Lipinski definition) is 0. The molecule has 0 spiro atoms. The number of benzene rings is 2. The lowest BCUT2D eigenvalue weighted by atomic mass is 10.1. The minimum absolute atomic E-state index is 0.0526. The Labute approximate surface area is 172 Å². The van der Waals surface area contributed by atoms with Crippen LogP contribution in [0.15, 0.2) is 51.5 Å². The lowest BCUT2D eigenvalue weighted by Gasteiger charge is -2.16. The van der Waals surface area contributed by atoms with Crippen molar-refractivity contribution < 1.29 is 14.1 Å². The largest absolute Gasteiger partial charge is 0.484 e. The zero-order valence-corrected chi connectivity index (χ0v) is 17.7. The smallest absolute Gasteiger partial charge is 0.264 e. The van der Waals surface area contributed by atoms with Gasteiger partial charge in [-0.1, -0.05) is 33.2 Å². The van der Waals surface area contributed by atoms with E-state index < -0.39 is 0 Å². The topological polar surface area (TPSA) is 68.5 Å². The van der Waals surface area contributed by atoms with Crippen molar-refractivity contribution in [3.8, 4) is 5.75 Å². The number of aromatic nitrogens is 2. The van der Waals surface area contributed by atoms with Crippen molar-refractivity contribution in [2.24, 2.45) is 0 Å². The summed E-state index contributed by atoms with van der Waals surface area (Å²) < 4.78 is 11.9. The Balaban J connectivity index is 1.52. The Hall–Kier alpha value is -2.67. The maximum atomic E-state index is 12.5. The first-order valence-corrected chi connectivity index (χ1v) is 9.73. The van der Waals surface area contributed by atoms with Gasteiger partial charge in [-0.05, 0) is 55.3 Å². The molecule has 0 N–H and O–H groups in total. The third-order valence-corrected chi connectivity index (χ3v) is 4.65. The molecule has 0 atom stereocenters. The van der Waals surface area contributed by atoms with Crippen LogP contribution in [0, 0.1) is 13.8 Å². The van der Waals surface area contributed by atoms with E-state index in [1.54, 1.807) is 24.1 Å². The maximum Gasteiger partial charge on any atom is 0.264 e. The number of carbonyl (C=O) groups is 1. The molecule has 0 aliphatic rings. The summed E-state index contributed by atoms with van der Waals surface area (Å²) in [6.07, 6.45) is 0.503. The molecular formula is C21H22BrN3O3. The first-order valence-electron chi connectivity index (χ1n) is 8.94. The second-order valence-electron chi connectivity index (χ2n) is 6.70. The average molecular weight is 444 g/mol. The van der Waals surface area contributed by atoms with Crippen molar-refractivity contribution in [3.05, 3.63) is 75.3 Å². The number of ether oxygens (including phenoxy) is 1. The molecule has 2 aromatic carbocycles. The van der Waals surface area contributed by atoms with Gasteiger partial charge in [0.2, 0.25) is 0 Å². The van der Waals surface area contributed by atoms with Crippen molar-refractivity contribution in [1.29, 1.82) is 0 Å². The van der Waals surface area contributed by atoms with E-state index in [9.17, 15) is 4.79 Å². The normalized spacial score (nSPS) is 10.7. The molecule has 3 rings (SSSR count). The van der Waals surface area contributed by atoms with Gasteiger partial charge in [-0.2, -0.15) is 4.98 Å². The van der Waals surface area contributed by atoms with Gasteiger partial charge >= 0.3 is 0 Å². The van der Waals surface area contributed by atoms with Crippen LogP contribution >= 0.6 is 15.9 Å². The second kappa shape index (κ2) is 9.01. The second-order valence-corrected chi connectivity index (χ2v) is 7.62. The summed E-state index contributed by atoms with van der Waals surface area (Å²) in [6, 6.07) is 13.3. The van der Waals surface area contributed by atoms with Crippen LogP contribution < -0.4 is 4.74 Å². The molecule has 0 saturated carbocycles. The van der Waals surface area contributed by atoms with Gasteiger partial charge in [0.1, 0.15) is 5.75 Å². The van der Waals surface area contributed by atoms with E-state index in [1.807, 2.05) is 38.1 Å². The summed E-state index contributed by atoms with van der Waals surface area (Å²) in [6.45, 7) is 4.75. The standard InChI is InChI=1S/C21H22BrN3O3/c1-14-9-15(2)11-18(10-14)27-13-20-23-19(24-28-20)7-8-25(3)21(26)16-5-4-6-17(22)12-16/h4-6,9-12H,7-8,13H2,1-3H3. The van der Waals surface area contributed by atoms with Gasteiger partial charge in [0.15, 0.2) is 12.4 Å². The summed E-state index contributed by atoms with van der Waals surface area (Å²) in [4.78, 5) is 18.4. The average Bonchev–Trinajstić information content (AvgIpc) is 3.11. The van der Waals surface area contributed by atoms with Crippen molar-refractivity contribution in [2.45, 2.75) is 26.9 Å². The van der Waals surface area contributed by atoms with Gasteiger partial charge in [0.05, 0.1) is 0 Å². The number of amides is 1. The minimum atomic E-state index is -0.0526. The Morgan fingerprint density at radius 2 is 1.93 bits per heavy atom. The molecule has 3 aromatic rings. The van der Waals surface area contributed by atoms with Crippen molar-refractivity contribution >= 4 is 21.8 Å². The molecule has 0 saturated heterocycles. The summed E-state index contributed by atoms with van der Waals surface area (Å²) >= 11 is 3.38. The van der Waals surface area contributed by atoms with E-state index >= 15 is 0 Å². The van der Waals surface area contributed by atoms with Gasteiger partial charge in [0, 0.05) is 30.0 Å². The molecule has 1 aromatic heterocycles. The number of hydrogen-bond acceptors (Lipinski definition) is 5. The first kappa shape index (κ1) is 20.1. The molecule has 0 aliphatic heterocycles. The molecule has 6 nitrogen and oxygen atoms in total. The SMILES string of the molecule is Cc1cc(C)cc(OCc2nc(CCN(C)C(=O)c3cccc(Br)c3)no2)c1. The molecule has 0 fully saturated rings. The molecule has 1 heterocycles. The molecule has 1 amide bonds. The van der Waals surface area contributed by atoms with Crippen molar-refractivity contribution in [2.75, 3.05) is 13.6 Å². The third kappa shape index (κ3) is 5.42. The molecule has 0 bridgehead atoms. The molecule has 0 unspecified atom stereocenters. The van der Waals surface area contributed by atoms with Crippen LogP contribution in [0.3, 0.4) is 0 Å². The molecule has 146 valence electrons. The van der Waals surface area contributed by atoms with E-state index in [4.69, 9.17) is 9.26 Å². The highest BCUT2D eigenvalue weighted by molar-refractivity contribution is 9.10. The van der Waals surface area contributed by atoms with Crippen LogP contribution in [0.5, 0.6) is 5.75 Å². The highest BCUT2D eigenvalue weighted by Gasteiger charge is 2.14. The number of likely N-dealkylation sites (N-methyl/N-ethyl adjacent to an activating group) is 1. The predicted octanol–water partition coefficient (Wildman–Crippen LogP) is 4.34. The Morgan fingerprint density at radius 1 is 1.18 bits per heavy atom. The predicted molar refractivity (Wildman–Crippen MR) is 109 cm³/mol. The summed E-state index contributed by atoms with van der Waals surface area (Å²) in [5.74, 6) is 1.68. The number of aryl methyl sites for hydroxylation is 2. The summed E-state index contributed by atoms with van der Waals surface area (Å²) in [7, 11) is 1.76. The van der Waals surface area contributed by atoms with Crippen LogP contribution in [-0.2, 0) is 13.0 Å². The number of carbonyl (C=O) groups excluding carboxylic acids is 1. The van der Waals surface area contributed by atoms with Gasteiger partial charge < -0.3 is 14.2 Å².